The molecule has 2 N–H and O–H groups in total. The van der Waals surface area contributed by atoms with Gasteiger partial charge < -0.3 is 5.73 Å². The summed E-state index contributed by atoms with van der Waals surface area (Å²) in [5, 5.41) is 0.413. The molecule has 0 amide bonds. The molecule has 0 aliphatic rings. The fraction of sp³-hybridized carbons (Fsp3) is 0.143. The van der Waals surface area contributed by atoms with E-state index in [-0.39, 0.29) is 11.1 Å². The van der Waals surface area contributed by atoms with Crippen molar-refractivity contribution in [2.45, 2.75) is 13.0 Å². The molecule has 2 aromatic carbocycles. The van der Waals surface area contributed by atoms with Gasteiger partial charge in [0.05, 0.1) is 6.04 Å². The molecule has 0 saturated carbocycles. The molecule has 0 fully saturated rings. The molecule has 2 aromatic rings. The van der Waals surface area contributed by atoms with E-state index >= 15 is 0 Å². The Morgan fingerprint density at radius 3 is 2.47 bits per heavy atom. The lowest BCUT2D eigenvalue weighted by Crippen LogP contribution is -2.15. The van der Waals surface area contributed by atoms with Crippen LogP contribution in [0.15, 0.2) is 34.8 Å². The molecule has 1 unspecified atom stereocenters. The van der Waals surface area contributed by atoms with E-state index < -0.39 is 17.7 Å². The second-order valence-corrected chi connectivity index (χ2v) is 5.59. The minimum absolute atomic E-state index is 0.0862. The molecule has 1 nitrogen and oxygen atoms in total. The van der Waals surface area contributed by atoms with E-state index in [0.717, 1.165) is 16.6 Å². The lowest BCUT2D eigenvalue weighted by Gasteiger charge is -2.16. The van der Waals surface area contributed by atoms with Gasteiger partial charge in [0.2, 0.25) is 0 Å². The van der Waals surface area contributed by atoms with Crippen LogP contribution in [0.2, 0.25) is 5.02 Å². The highest BCUT2D eigenvalue weighted by Crippen LogP contribution is 2.31. The molecule has 0 heterocycles. The van der Waals surface area contributed by atoms with Gasteiger partial charge in [0.25, 0.3) is 0 Å². The van der Waals surface area contributed by atoms with Gasteiger partial charge in [-0.25, -0.2) is 8.78 Å². The first-order valence-corrected chi connectivity index (χ1v) is 6.73. The molecule has 0 spiro atoms. The van der Waals surface area contributed by atoms with Crippen molar-refractivity contribution in [1.29, 1.82) is 0 Å². The normalized spacial score (nSPS) is 12.5. The van der Waals surface area contributed by atoms with Crippen LogP contribution in [0, 0.1) is 18.6 Å². The molecule has 0 aliphatic carbocycles. The quantitative estimate of drug-likeness (QED) is 0.835. The first kappa shape index (κ1) is 14.4. The van der Waals surface area contributed by atoms with Crippen molar-refractivity contribution in [3.05, 3.63) is 68.2 Å². The molecule has 19 heavy (non-hydrogen) atoms. The smallest absolute Gasteiger partial charge is 0.128 e. The number of hydrogen-bond donors (Lipinski definition) is 1. The maximum Gasteiger partial charge on any atom is 0.128 e. The fourth-order valence-electron chi connectivity index (χ4n) is 1.82. The van der Waals surface area contributed by atoms with Gasteiger partial charge in [0, 0.05) is 15.1 Å². The summed E-state index contributed by atoms with van der Waals surface area (Å²) >= 11 is 9.35. The van der Waals surface area contributed by atoms with E-state index in [0.29, 0.717) is 10.6 Å². The highest BCUT2D eigenvalue weighted by atomic mass is 79.9. The maximum atomic E-state index is 13.9. The predicted molar refractivity (Wildman–Crippen MR) is 76.3 cm³/mol. The van der Waals surface area contributed by atoms with Crippen LogP contribution in [0.4, 0.5) is 8.78 Å². The van der Waals surface area contributed by atoms with Crippen LogP contribution < -0.4 is 5.73 Å². The van der Waals surface area contributed by atoms with Crippen LogP contribution in [0.25, 0.3) is 0 Å². The third-order valence-corrected chi connectivity index (χ3v) is 3.74. The summed E-state index contributed by atoms with van der Waals surface area (Å²) in [5.41, 5.74) is 6.86. The summed E-state index contributed by atoms with van der Waals surface area (Å²) in [6.45, 7) is 1.50. The number of aryl methyl sites for hydroxylation is 1. The topological polar surface area (TPSA) is 26.0 Å². The Morgan fingerprint density at radius 1 is 1.11 bits per heavy atom. The standard InChI is InChI=1S/C14H11BrClF2N/c1-7-4-13(18)10(6-12(7)17)14(19)9-5-8(15)2-3-11(9)16/h2-6,14H,19H2,1H3. The van der Waals surface area contributed by atoms with E-state index in [1.54, 1.807) is 18.2 Å². The van der Waals surface area contributed by atoms with Crippen molar-refractivity contribution in [3.63, 3.8) is 0 Å². The van der Waals surface area contributed by atoms with E-state index in [1.807, 2.05) is 0 Å². The summed E-state index contributed by atoms with van der Waals surface area (Å²) in [4.78, 5) is 0. The lowest BCUT2D eigenvalue weighted by molar-refractivity contribution is 0.570. The average Bonchev–Trinajstić information content (AvgIpc) is 2.36. The summed E-state index contributed by atoms with van der Waals surface area (Å²) < 4.78 is 28.2. The van der Waals surface area contributed by atoms with Crippen LogP contribution >= 0.6 is 27.5 Å². The van der Waals surface area contributed by atoms with Crippen molar-refractivity contribution in [1.82, 2.24) is 0 Å². The third kappa shape index (κ3) is 2.96. The zero-order valence-electron chi connectivity index (χ0n) is 10.1. The summed E-state index contributed by atoms with van der Waals surface area (Å²) in [6.07, 6.45) is 0. The van der Waals surface area contributed by atoms with Crippen molar-refractivity contribution >= 4 is 27.5 Å². The maximum absolute atomic E-state index is 13.9. The van der Waals surface area contributed by atoms with Crippen LogP contribution in [-0.4, -0.2) is 0 Å². The molecule has 2 rings (SSSR count). The number of nitrogens with two attached hydrogens (primary N) is 1. The monoisotopic (exact) mass is 345 g/mol. The molecule has 100 valence electrons. The van der Waals surface area contributed by atoms with Crippen molar-refractivity contribution in [3.8, 4) is 0 Å². The Balaban J connectivity index is 2.52. The Bertz CT molecular complexity index is 631. The van der Waals surface area contributed by atoms with Gasteiger partial charge in [-0.1, -0.05) is 27.5 Å². The van der Waals surface area contributed by atoms with Crippen molar-refractivity contribution in [2.75, 3.05) is 0 Å². The molecule has 0 radical (unpaired) electrons. The zero-order chi connectivity index (χ0) is 14.2. The summed E-state index contributed by atoms with van der Waals surface area (Å²) in [7, 11) is 0. The Morgan fingerprint density at radius 2 is 1.79 bits per heavy atom. The predicted octanol–water partition coefficient (Wildman–Crippen LogP) is 4.74. The van der Waals surface area contributed by atoms with Gasteiger partial charge in [-0.2, -0.15) is 0 Å². The highest BCUT2D eigenvalue weighted by molar-refractivity contribution is 9.10. The van der Waals surface area contributed by atoms with Gasteiger partial charge in [-0.3, -0.25) is 0 Å². The van der Waals surface area contributed by atoms with Crippen molar-refractivity contribution < 1.29 is 8.78 Å². The first-order chi connectivity index (χ1) is 8.90. The Labute approximate surface area is 123 Å². The largest absolute Gasteiger partial charge is 0.320 e. The number of rotatable bonds is 2. The molecular formula is C14H11BrClF2N. The third-order valence-electron chi connectivity index (χ3n) is 2.91. The SMILES string of the molecule is Cc1cc(F)c(C(N)c2cc(Br)ccc2Cl)cc1F. The van der Waals surface area contributed by atoms with Crippen LogP contribution in [-0.2, 0) is 0 Å². The second-order valence-electron chi connectivity index (χ2n) is 4.27. The van der Waals surface area contributed by atoms with E-state index in [1.165, 1.54) is 6.92 Å². The number of halogens is 4. The number of benzene rings is 2. The number of hydrogen-bond acceptors (Lipinski definition) is 1. The lowest BCUT2D eigenvalue weighted by atomic mass is 9.98. The van der Waals surface area contributed by atoms with Gasteiger partial charge in [-0.15, -0.1) is 0 Å². The van der Waals surface area contributed by atoms with Gasteiger partial charge in [0.15, 0.2) is 0 Å². The molecule has 0 saturated heterocycles. The van der Waals surface area contributed by atoms with Crippen LogP contribution in [0.1, 0.15) is 22.7 Å². The van der Waals surface area contributed by atoms with Crippen LogP contribution in [0.3, 0.4) is 0 Å². The molecule has 5 heteroatoms. The molecule has 1 atom stereocenters. The van der Waals surface area contributed by atoms with Crippen molar-refractivity contribution in [2.24, 2.45) is 5.73 Å². The average molecular weight is 347 g/mol. The zero-order valence-corrected chi connectivity index (χ0v) is 12.4. The van der Waals surface area contributed by atoms with Gasteiger partial charge in [0.1, 0.15) is 11.6 Å². The molecular weight excluding hydrogens is 336 g/mol. The highest BCUT2D eigenvalue weighted by Gasteiger charge is 2.18. The first-order valence-electron chi connectivity index (χ1n) is 5.56. The van der Waals surface area contributed by atoms with E-state index in [4.69, 9.17) is 17.3 Å². The van der Waals surface area contributed by atoms with E-state index in [9.17, 15) is 8.78 Å². The van der Waals surface area contributed by atoms with Gasteiger partial charge >= 0.3 is 0 Å². The van der Waals surface area contributed by atoms with Crippen LogP contribution in [0.5, 0.6) is 0 Å². The second kappa shape index (κ2) is 5.57. The Hall–Kier alpha value is -0.970. The molecule has 0 aromatic heterocycles. The van der Waals surface area contributed by atoms with E-state index in [2.05, 4.69) is 15.9 Å². The summed E-state index contributed by atoms with van der Waals surface area (Å²) in [6, 6.07) is 6.54. The molecule has 0 aliphatic heterocycles. The minimum atomic E-state index is -0.819. The minimum Gasteiger partial charge on any atom is -0.320 e. The van der Waals surface area contributed by atoms with Gasteiger partial charge in [-0.05, 0) is 48.4 Å². The molecule has 0 bridgehead atoms. The Kier molecular flexibility index (Phi) is 4.23. The summed E-state index contributed by atoms with van der Waals surface area (Å²) in [5.74, 6) is -1.03. The fourth-order valence-corrected chi connectivity index (χ4v) is 2.43.